The highest BCUT2D eigenvalue weighted by Gasteiger charge is 2.13. The van der Waals surface area contributed by atoms with Crippen LogP contribution in [0.2, 0.25) is 0 Å². The summed E-state index contributed by atoms with van der Waals surface area (Å²) in [5.74, 6) is 2.64. The van der Waals surface area contributed by atoms with Gasteiger partial charge in [0.2, 0.25) is 0 Å². The second kappa shape index (κ2) is 10.1. The van der Waals surface area contributed by atoms with Crippen LogP contribution in [0.1, 0.15) is 45.4 Å². The topological polar surface area (TPSA) is 92.1 Å². The second-order valence-corrected chi connectivity index (χ2v) is 7.13. The fourth-order valence-electron chi connectivity index (χ4n) is 3.68. The van der Waals surface area contributed by atoms with Crippen LogP contribution in [0.3, 0.4) is 0 Å². The largest absolute Gasteiger partial charge is 0.368 e. The van der Waals surface area contributed by atoms with Crippen molar-refractivity contribution in [2.45, 2.75) is 45.4 Å². The maximum absolute atomic E-state index is 4.70. The molecule has 1 aliphatic carbocycles. The quantitative estimate of drug-likeness (QED) is 0.355. The van der Waals surface area contributed by atoms with E-state index in [4.69, 9.17) is 4.99 Å². The molecule has 27 heavy (non-hydrogen) atoms. The molecule has 1 saturated carbocycles. The zero-order valence-corrected chi connectivity index (χ0v) is 16.5. The molecule has 0 bridgehead atoms. The third kappa shape index (κ3) is 5.55. The summed E-state index contributed by atoms with van der Waals surface area (Å²) < 4.78 is 1.75. The Kier molecular flexibility index (Phi) is 7.24. The Morgan fingerprint density at radius 3 is 2.89 bits per heavy atom. The van der Waals surface area contributed by atoms with Gasteiger partial charge in [-0.05, 0) is 25.7 Å². The monoisotopic (exact) mass is 372 g/mol. The number of aromatic nitrogens is 4. The van der Waals surface area contributed by atoms with Gasteiger partial charge in [-0.15, -0.1) is 0 Å². The van der Waals surface area contributed by atoms with Gasteiger partial charge in [-0.3, -0.25) is 9.67 Å². The Hall–Kier alpha value is -2.38. The van der Waals surface area contributed by atoms with E-state index in [-0.39, 0.29) is 0 Å². The summed E-state index contributed by atoms with van der Waals surface area (Å²) in [6, 6.07) is 0. The van der Waals surface area contributed by atoms with Crippen molar-refractivity contribution in [1.82, 2.24) is 30.4 Å². The lowest BCUT2D eigenvalue weighted by Gasteiger charge is -2.13. The van der Waals surface area contributed by atoms with E-state index in [0.717, 1.165) is 54.9 Å². The normalized spacial score (nSPS) is 15.4. The zero-order valence-electron chi connectivity index (χ0n) is 16.5. The molecule has 2 aromatic heterocycles. The molecular formula is C19H32N8. The summed E-state index contributed by atoms with van der Waals surface area (Å²) in [5, 5.41) is 15.2. The Balaban J connectivity index is 1.41. The molecule has 2 heterocycles. The SMILES string of the molecule is CCNC(=NCCCC1CCCC1)NCCNc1ncnc2c1cnn2C. The summed E-state index contributed by atoms with van der Waals surface area (Å²) in [4.78, 5) is 13.3. The minimum absolute atomic E-state index is 0.744. The molecule has 3 N–H and O–H groups in total. The lowest BCUT2D eigenvalue weighted by atomic mass is 10.0. The standard InChI is InChI=1S/C19H32N8/c1-3-20-19(22-10-6-9-15-7-4-5-8-15)23-12-11-21-17-16-13-26-27(2)18(16)25-14-24-17/h13-15H,3-12H2,1-2H3,(H2,20,22,23)(H,21,24,25). The molecule has 0 unspecified atom stereocenters. The Bertz CT molecular complexity index is 732. The van der Waals surface area contributed by atoms with E-state index in [1.165, 1.54) is 38.5 Å². The van der Waals surface area contributed by atoms with Crippen LogP contribution in [-0.2, 0) is 7.05 Å². The molecule has 0 aliphatic heterocycles. The molecule has 0 atom stereocenters. The lowest BCUT2D eigenvalue weighted by molar-refractivity contribution is 0.487. The van der Waals surface area contributed by atoms with Crippen molar-refractivity contribution in [1.29, 1.82) is 0 Å². The third-order valence-corrected chi connectivity index (χ3v) is 5.10. The maximum atomic E-state index is 4.70. The number of rotatable bonds is 9. The van der Waals surface area contributed by atoms with Gasteiger partial charge in [0.05, 0.1) is 11.6 Å². The van der Waals surface area contributed by atoms with Crippen LogP contribution in [0.25, 0.3) is 11.0 Å². The van der Waals surface area contributed by atoms with Gasteiger partial charge in [0.15, 0.2) is 11.6 Å². The Labute approximate surface area is 161 Å². The minimum Gasteiger partial charge on any atom is -0.368 e. The van der Waals surface area contributed by atoms with E-state index in [2.05, 4.69) is 37.9 Å². The van der Waals surface area contributed by atoms with E-state index >= 15 is 0 Å². The molecule has 8 nitrogen and oxygen atoms in total. The fraction of sp³-hybridized carbons (Fsp3) is 0.684. The van der Waals surface area contributed by atoms with Crippen LogP contribution in [0, 0.1) is 5.92 Å². The predicted molar refractivity (Wildman–Crippen MR) is 110 cm³/mol. The lowest BCUT2D eigenvalue weighted by Crippen LogP contribution is -2.39. The van der Waals surface area contributed by atoms with Gasteiger partial charge in [-0.1, -0.05) is 25.7 Å². The highest BCUT2D eigenvalue weighted by Crippen LogP contribution is 2.28. The third-order valence-electron chi connectivity index (χ3n) is 5.10. The van der Waals surface area contributed by atoms with E-state index in [9.17, 15) is 0 Å². The number of fused-ring (bicyclic) bond motifs is 1. The molecule has 0 saturated heterocycles. The summed E-state index contributed by atoms with van der Waals surface area (Å²) in [7, 11) is 1.88. The zero-order chi connectivity index (χ0) is 18.9. The van der Waals surface area contributed by atoms with Crippen molar-refractivity contribution < 1.29 is 0 Å². The number of guanidine groups is 1. The van der Waals surface area contributed by atoms with Crippen LogP contribution in [0.5, 0.6) is 0 Å². The van der Waals surface area contributed by atoms with Crippen molar-refractivity contribution in [3.05, 3.63) is 12.5 Å². The molecule has 3 rings (SSSR count). The van der Waals surface area contributed by atoms with Crippen molar-refractivity contribution in [2.75, 3.05) is 31.5 Å². The first-order chi connectivity index (χ1) is 13.3. The number of aryl methyl sites for hydroxylation is 1. The van der Waals surface area contributed by atoms with Crippen molar-refractivity contribution in [3.63, 3.8) is 0 Å². The molecular weight excluding hydrogens is 340 g/mol. The van der Waals surface area contributed by atoms with Gasteiger partial charge in [-0.2, -0.15) is 5.10 Å². The molecule has 148 valence electrons. The number of hydrogen-bond acceptors (Lipinski definition) is 5. The summed E-state index contributed by atoms with van der Waals surface area (Å²) in [6.45, 7) is 5.35. The number of hydrogen-bond donors (Lipinski definition) is 3. The van der Waals surface area contributed by atoms with Gasteiger partial charge < -0.3 is 16.0 Å². The first-order valence-corrected chi connectivity index (χ1v) is 10.2. The summed E-state index contributed by atoms with van der Waals surface area (Å²) in [6.07, 6.45) is 11.5. The molecule has 0 radical (unpaired) electrons. The van der Waals surface area contributed by atoms with Crippen LogP contribution in [0.4, 0.5) is 5.82 Å². The van der Waals surface area contributed by atoms with E-state index in [0.29, 0.717) is 0 Å². The number of nitrogens with zero attached hydrogens (tertiary/aromatic N) is 5. The average Bonchev–Trinajstić information content (AvgIpc) is 3.33. The Morgan fingerprint density at radius 2 is 2.07 bits per heavy atom. The summed E-state index contributed by atoms with van der Waals surface area (Å²) >= 11 is 0. The molecule has 2 aromatic rings. The van der Waals surface area contributed by atoms with Crippen LogP contribution < -0.4 is 16.0 Å². The van der Waals surface area contributed by atoms with Crippen molar-refractivity contribution in [2.24, 2.45) is 18.0 Å². The number of nitrogens with one attached hydrogen (secondary N) is 3. The molecule has 0 amide bonds. The highest BCUT2D eigenvalue weighted by atomic mass is 15.3. The number of anilines is 1. The van der Waals surface area contributed by atoms with Gasteiger partial charge >= 0.3 is 0 Å². The van der Waals surface area contributed by atoms with Gasteiger partial charge in [0.25, 0.3) is 0 Å². The van der Waals surface area contributed by atoms with Gasteiger partial charge in [0.1, 0.15) is 12.1 Å². The van der Waals surface area contributed by atoms with Crippen molar-refractivity contribution >= 4 is 22.8 Å². The fourth-order valence-corrected chi connectivity index (χ4v) is 3.68. The molecule has 0 aromatic carbocycles. The van der Waals surface area contributed by atoms with E-state index in [1.807, 2.05) is 7.05 Å². The summed E-state index contributed by atoms with van der Waals surface area (Å²) in [5.41, 5.74) is 0.831. The molecule has 1 aliphatic rings. The second-order valence-electron chi connectivity index (χ2n) is 7.13. The average molecular weight is 373 g/mol. The van der Waals surface area contributed by atoms with Crippen LogP contribution in [0.15, 0.2) is 17.5 Å². The van der Waals surface area contributed by atoms with Gasteiger partial charge in [0, 0.05) is 33.2 Å². The maximum Gasteiger partial charge on any atom is 0.191 e. The first-order valence-electron chi connectivity index (χ1n) is 10.2. The molecule has 8 heteroatoms. The highest BCUT2D eigenvalue weighted by molar-refractivity contribution is 5.86. The molecule has 1 fully saturated rings. The predicted octanol–water partition coefficient (Wildman–Crippen LogP) is 2.30. The smallest absolute Gasteiger partial charge is 0.191 e. The minimum atomic E-state index is 0.744. The first kappa shape index (κ1) is 19.4. The van der Waals surface area contributed by atoms with E-state index < -0.39 is 0 Å². The van der Waals surface area contributed by atoms with Gasteiger partial charge in [-0.25, -0.2) is 9.97 Å². The van der Waals surface area contributed by atoms with Crippen molar-refractivity contribution in [3.8, 4) is 0 Å². The van der Waals surface area contributed by atoms with Crippen LogP contribution in [-0.4, -0.2) is 51.9 Å². The van der Waals surface area contributed by atoms with Crippen LogP contribution >= 0.6 is 0 Å². The number of aliphatic imine (C=N–C) groups is 1. The molecule has 0 spiro atoms. The van der Waals surface area contributed by atoms with E-state index in [1.54, 1.807) is 17.2 Å². The Morgan fingerprint density at radius 1 is 1.22 bits per heavy atom.